The van der Waals surface area contributed by atoms with Crippen molar-refractivity contribution in [2.45, 2.75) is 12.5 Å². The highest BCUT2D eigenvalue weighted by Gasteiger charge is 2.24. The van der Waals surface area contributed by atoms with Crippen molar-refractivity contribution in [1.82, 2.24) is 0 Å². The molecule has 0 N–H and O–H groups in total. The van der Waals surface area contributed by atoms with Gasteiger partial charge in [-0.25, -0.2) is 4.79 Å². The standard InChI is InChI=1S/C11H10ClNO2/c12-9-3-1-8(2-4-9)7-13-10-5-6-15-11(10)14/h1-4,7,10H,5-6H2. The largest absolute Gasteiger partial charge is 0.464 e. The van der Waals surface area contributed by atoms with Crippen molar-refractivity contribution in [2.75, 3.05) is 6.61 Å². The molecular weight excluding hydrogens is 214 g/mol. The molecule has 0 bridgehead atoms. The molecule has 1 aliphatic heterocycles. The average Bonchev–Trinajstić information content (AvgIpc) is 2.63. The first kappa shape index (κ1) is 10.2. The Labute approximate surface area is 92.7 Å². The molecule has 0 saturated carbocycles. The summed E-state index contributed by atoms with van der Waals surface area (Å²) < 4.78 is 4.80. The second-order valence-electron chi connectivity index (χ2n) is 3.30. The molecule has 0 amide bonds. The third-order valence-corrected chi connectivity index (χ3v) is 2.43. The maximum absolute atomic E-state index is 11.1. The van der Waals surface area contributed by atoms with Crippen molar-refractivity contribution in [2.24, 2.45) is 4.99 Å². The maximum atomic E-state index is 11.1. The van der Waals surface area contributed by atoms with Gasteiger partial charge in [-0.3, -0.25) is 4.99 Å². The van der Waals surface area contributed by atoms with Crippen LogP contribution < -0.4 is 0 Å². The Kier molecular flexibility index (Phi) is 3.02. The smallest absolute Gasteiger partial charge is 0.330 e. The molecule has 1 saturated heterocycles. The van der Waals surface area contributed by atoms with Gasteiger partial charge in [0.15, 0.2) is 6.04 Å². The van der Waals surface area contributed by atoms with Crippen molar-refractivity contribution in [1.29, 1.82) is 0 Å². The van der Waals surface area contributed by atoms with Gasteiger partial charge in [-0.1, -0.05) is 23.7 Å². The van der Waals surface area contributed by atoms with Crippen molar-refractivity contribution in [3.63, 3.8) is 0 Å². The van der Waals surface area contributed by atoms with Crippen LogP contribution in [0.3, 0.4) is 0 Å². The summed E-state index contributed by atoms with van der Waals surface area (Å²) in [6, 6.07) is 6.95. The van der Waals surface area contributed by atoms with Crippen molar-refractivity contribution >= 4 is 23.8 Å². The Morgan fingerprint density at radius 1 is 1.40 bits per heavy atom. The second kappa shape index (κ2) is 4.45. The molecule has 3 nitrogen and oxygen atoms in total. The Bertz CT molecular complexity index is 386. The van der Waals surface area contributed by atoms with Crippen LogP contribution in [-0.2, 0) is 9.53 Å². The first-order valence-corrected chi connectivity index (χ1v) is 5.09. The number of ether oxygens (including phenoxy) is 1. The lowest BCUT2D eigenvalue weighted by atomic mass is 10.2. The fraction of sp³-hybridized carbons (Fsp3) is 0.273. The second-order valence-corrected chi connectivity index (χ2v) is 3.74. The van der Waals surface area contributed by atoms with Crippen molar-refractivity contribution in [3.05, 3.63) is 34.9 Å². The van der Waals surface area contributed by atoms with Gasteiger partial charge in [0.05, 0.1) is 6.61 Å². The molecule has 2 rings (SSSR count). The molecule has 15 heavy (non-hydrogen) atoms. The minimum Gasteiger partial charge on any atom is -0.464 e. The summed E-state index contributed by atoms with van der Waals surface area (Å²) in [5.74, 6) is -0.236. The number of rotatable bonds is 2. The molecule has 1 atom stereocenters. The fourth-order valence-electron chi connectivity index (χ4n) is 1.35. The third-order valence-electron chi connectivity index (χ3n) is 2.18. The molecule has 1 aromatic rings. The highest BCUT2D eigenvalue weighted by molar-refractivity contribution is 6.30. The van der Waals surface area contributed by atoms with Crippen LogP contribution in [0, 0.1) is 0 Å². The molecule has 0 spiro atoms. The van der Waals surface area contributed by atoms with E-state index in [-0.39, 0.29) is 12.0 Å². The highest BCUT2D eigenvalue weighted by Crippen LogP contribution is 2.11. The van der Waals surface area contributed by atoms with E-state index >= 15 is 0 Å². The van der Waals surface area contributed by atoms with Gasteiger partial charge in [-0.05, 0) is 17.7 Å². The van der Waals surface area contributed by atoms with E-state index in [0.29, 0.717) is 18.1 Å². The first-order chi connectivity index (χ1) is 7.25. The predicted octanol–water partition coefficient (Wildman–Crippen LogP) is 2.07. The van der Waals surface area contributed by atoms with Crippen LogP contribution in [0.1, 0.15) is 12.0 Å². The summed E-state index contributed by atoms with van der Waals surface area (Å²) in [5.41, 5.74) is 0.930. The number of carbonyl (C=O) groups is 1. The van der Waals surface area contributed by atoms with Crippen LogP contribution in [0.15, 0.2) is 29.3 Å². The van der Waals surface area contributed by atoms with Gasteiger partial charge < -0.3 is 4.74 Å². The van der Waals surface area contributed by atoms with E-state index in [1.165, 1.54) is 0 Å². The number of nitrogens with zero attached hydrogens (tertiary/aromatic N) is 1. The van der Waals surface area contributed by atoms with E-state index in [1.807, 2.05) is 12.1 Å². The Morgan fingerprint density at radius 3 is 2.73 bits per heavy atom. The number of esters is 1. The minimum absolute atomic E-state index is 0.236. The van der Waals surface area contributed by atoms with Crippen LogP contribution in [-0.4, -0.2) is 24.8 Å². The zero-order valence-electron chi connectivity index (χ0n) is 8.02. The van der Waals surface area contributed by atoms with E-state index in [0.717, 1.165) is 5.56 Å². The number of carbonyl (C=O) groups excluding carboxylic acids is 1. The quantitative estimate of drug-likeness (QED) is 0.569. The number of benzene rings is 1. The number of aliphatic imine (C=N–C) groups is 1. The number of cyclic esters (lactones) is 1. The van der Waals surface area contributed by atoms with Gasteiger partial charge in [0.25, 0.3) is 0 Å². The monoisotopic (exact) mass is 223 g/mol. The number of hydrogen-bond donors (Lipinski definition) is 0. The lowest BCUT2D eigenvalue weighted by Gasteiger charge is -1.97. The lowest BCUT2D eigenvalue weighted by molar-refractivity contribution is -0.138. The van der Waals surface area contributed by atoms with E-state index in [1.54, 1.807) is 18.3 Å². The van der Waals surface area contributed by atoms with Gasteiger partial charge >= 0.3 is 5.97 Å². The molecule has 1 heterocycles. The Balaban J connectivity index is 2.04. The summed E-state index contributed by atoms with van der Waals surface area (Å²) >= 11 is 5.74. The topological polar surface area (TPSA) is 38.7 Å². The SMILES string of the molecule is O=C1OCCC1N=Cc1ccc(Cl)cc1. The van der Waals surface area contributed by atoms with E-state index in [9.17, 15) is 4.79 Å². The molecule has 1 fully saturated rings. The summed E-state index contributed by atoms with van der Waals surface area (Å²) in [4.78, 5) is 15.3. The zero-order valence-corrected chi connectivity index (χ0v) is 8.78. The van der Waals surface area contributed by atoms with Crippen LogP contribution in [0.25, 0.3) is 0 Å². The molecule has 0 aromatic heterocycles. The van der Waals surface area contributed by atoms with Gasteiger partial charge in [0.1, 0.15) is 0 Å². The molecular formula is C11H10ClNO2. The molecule has 1 aromatic carbocycles. The van der Waals surface area contributed by atoms with Gasteiger partial charge in [0, 0.05) is 17.7 Å². The highest BCUT2D eigenvalue weighted by atomic mass is 35.5. The molecule has 78 valence electrons. The average molecular weight is 224 g/mol. The normalized spacial score (nSPS) is 20.9. The molecule has 1 aliphatic rings. The van der Waals surface area contributed by atoms with Crippen LogP contribution in [0.2, 0.25) is 5.02 Å². The predicted molar refractivity (Wildman–Crippen MR) is 58.4 cm³/mol. The van der Waals surface area contributed by atoms with Crippen LogP contribution >= 0.6 is 11.6 Å². The molecule has 1 unspecified atom stereocenters. The summed E-state index contributed by atoms with van der Waals surface area (Å²) in [6.45, 7) is 0.474. The fourth-order valence-corrected chi connectivity index (χ4v) is 1.47. The maximum Gasteiger partial charge on any atom is 0.330 e. The van der Waals surface area contributed by atoms with Crippen molar-refractivity contribution in [3.8, 4) is 0 Å². The number of halogens is 1. The Hall–Kier alpha value is -1.35. The van der Waals surface area contributed by atoms with E-state index < -0.39 is 0 Å². The minimum atomic E-state index is -0.333. The van der Waals surface area contributed by atoms with Gasteiger partial charge in [0.2, 0.25) is 0 Å². The third kappa shape index (κ3) is 2.57. The van der Waals surface area contributed by atoms with Gasteiger partial charge in [-0.2, -0.15) is 0 Å². The summed E-state index contributed by atoms with van der Waals surface area (Å²) in [6.07, 6.45) is 2.34. The summed E-state index contributed by atoms with van der Waals surface area (Å²) in [5, 5.41) is 0.687. The lowest BCUT2D eigenvalue weighted by Crippen LogP contribution is -2.11. The van der Waals surface area contributed by atoms with Crippen LogP contribution in [0.5, 0.6) is 0 Å². The van der Waals surface area contributed by atoms with Crippen LogP contribution in [0.4, 0.5) is 0 Å². The van der Waals surface area contributed by atoms with Gasteiger partial charge in [-0.15, -0.1) is 0 Å². The zero-order chi connectivity index (χ0) is 10.7. The van der Waals surface area contributed by atoms with Crippen molar-refractivity contribution < 1.29 is 9.53 Å². The molecule has 0 radical (unpaired) electrons. The van der Waals surface area contributed by atoms with E-state index in [4.69, 9.17) is 16.3 Å². The number of hydrogen-bond acceptors (Lipinski definition) is 3. The first-order valence-electron chi connectivity index (χ1n) is 4.71. The van der Waals surface area contributed by atoms with E-state index in [2.05, 4.69) is 4.99 Å². The Morgan fingerprint density at radius 2 is 2.13 bits per heavy atom. The summed E-state index contributed by atoms with van der Waals surface area (Å²) in [7, 11) is 0. The molecule has 4 heteroatoms. The molecule has 0 aliphatic carbocycles.